The molecule has 0 saturated heterocycles. The Kier molecular flexibility index (Phi) is 2.13. The normalized spacial score (nSPS) is 10.6. The fourth-order valence-corrected chi connectivity index (χ4v) is 2.50. The number of fused-ring (bicyclic) bond motifs is 1. The van der Waals surface area contributed by atoms with E-state index in [1.165, 1.54) is 11.3 Å². The Labute approximate surface area is 89.6 Å². The highest BCUT2D eigenvalue weighted by atomic mass is 32.1. The Hall–Kier alpha value is -1.20. The average Bonchev–Trinajstić information content (AvgIpc) is 2.46. The lowest BCUT2D eigenvalue weighted by Gasteiger charge is -2.00. The van der Waals surface area contributed by atoms with Crippen LogP contribution in [0.4, 0.5) is 5.69 Å². The van der Waals surface area contributed by atoms with Crippen molar-refractivity contribution in [1.29, 1.82) is 0 Å². The van der Waals surface area contributed by atoms with Gasteiger partial charge in [-0.05, 0) is 12.1 Å². The molecule has 0 bridgehead atoms. The molecule has 2 aromatic rings. The van der Waals surface area contributed by atoms with Crippen molar-refractivity contribution in [2.24, 2.45) is 0 Å². The van der Waals surface area contributed by atoms with Gasteiger partial charge < -0.3 is 10.8 Å². The Morgan fingerprint density at radius 2 is 2.21 bits per heavy atom. The molecule has 0 fully saturated rings. The Bertz CT molecular complexity index is 519. The van der Waals surface area contributed by atoms with Gasteiger partial charge in [0.05, 0.1) is 11.3 Å². The SMILES string of the molecule is Nc1csc2cc(S)c(C(=O)O)cc12. The van der Waals surface area contributed by atoms with Gasteiger partial charge in [0.15, 0.2) is 0 Å². The van der Waals surface area contributed by atoms with E-state index in [0.717, 1.165) is 10.1 Å². The molecule has 0 saturated carbocycles. The molecule has 2 rings (SSSR count). The summed E-state index contributed by atoms with van der Waals surface area (Å²) in [4.78, 5) is 11.3. The lowest BCUT2D eigenvalue weighted by Crippen LogP contribution is -1.97. The summed E-state index contributed by atoms with van der Waals surface area (Å²) in [5.41, 5.74) is 6.49. The predicted molar refractivity (Wildman–Crippen MR) is 60.4 cm³/mol. The molecule has 0 spiro atoms. The number of rotatable bonds is 1. The first kappa shape index (κ1) is 9.36. The van der Waals surface area contributed by atoms with Crippen molar-refractivity contribution in [2.75, 3.05) is 5.73 Å². The second-order valence-corrected chi connectivity index (χ2v) is 4.25. The molecular weight excluding hydrogens is 218 g/mol. The molecule has 1 aromatic carbocycles. The van der Waals surface area contributed by atoms with Gasteiger partial charge in [-0.15, -0.1) is 24.0 Å². The molecule has 0 amide bonds. The van der Waals surface area contributed by atoms with Crippen molar-refractivity contribution in [2.45, 2.75) is 4.90 Å². The smallest absolute Gasteiger partial charge is 0.336 e. The van der Waals surface area contributed by atoms with Gasteiger partial charge in [0.2, 0.25) is 0 Å². The van der Waals surface area contributed by atoms with Gasteiger partial charge in [0.1, 0.15) is 0 Å². The number of nitrogens with two attached hydrogens (primary N) is 1. The summed E-state index contributed by atoms with van der Waals surface area (Å²) in [6, 6.07) is 3.29. The van der Waals surface area contributed by atoms with Gasteiger partial charge in [-0.1, -0.05) is 0 Å². The molecule has 0 unspecified atom stereocenters. The fraction of sp³-hybridized carbons (Fsp3) is 0. The molecule has 0 aliphatic carbocycles. The van der Waals surface area contributed by atoms with Crippen LogP contribution in [0.15, 0.2) is 22.4 Å². The van der Waals surface area contributed by atoms with E-state index in [9.17, 15) is 4.79 Å². The molecule has 0 aliphatic rings. The Morgan fingerprint density at radius 3 is 2.86 bits per heavy atom. The predicted octanol–water partition coefficient (Wildman–Crippen LogP) is 2.47. The number of hydrogen-bond donors (Lipinski definition) is 3. The summed E-state index contributed by atoms with van der Waals surface area (Å²) >= 11 is 5.59. The Balaban J connectivity index is 2.80. The fourth-order valence-electron chi connectivity index (χ4n) is 1.25. The monoisotopic (exact) mass is 225 g/mol. The number of aromatic carboxylic acids is 1. The Morgan fingerprint density at radius 1 is 1.50 bits per heavy atom. The number of thiophene rings is 1. The number of carboxylic acid groups (broad SMARTS) is 1. The third-order valence-electron chi connectivity index (χ3n) is 1.95. The van der Waals surface area contributed by atoms with E-state index in [1.807, 2.05) is 0 Å². The second-order valence-electron chi connectivity index (χ2n) is 2.86. The van der Waals surface area contributed by atoms with Crippen LogP contribution in [-0.4, -0.2) is 11.1 Å². The van der Waals surface area contributed by atoms with Crippen molar-refractivity contribution < 1.29 is 9.90 Å². The number of hydrogen-bond acceptors (Lipinski definition) is 4. The van der Waals surface area contributed by atoms with Crippen molar-refractivity contribution in [1.82, 2.24) is 0 Å². The molecule has 0 aliphatic heterocycles. The van der Waals surface area contributed by atoms with Gasteiger partial charge in [-0.25, -0.2) is 4.79 Å². The lowest BCUT2D eigenvalue weighted by molar-refractivity contribution is 0.0693. The molecule has 1 heterocycles. The molecular formula is C9H7NO2S2. The van der Waals surface area contributed by atoms with Crippen LogP contribution >= 0.6 is 24.0 Å². The van der Waals surface area contributed by atoms with Crippen LogP contribution in [0.3, 0.4) is 0 Å². The largest absolute Gasteiger partial charge is 0.478 e. The molecule has 1 aromatic heterocycles. The van der Waals surface area contributed by atoms with Gasteiger partial charge in [0, 0.05) is 20.4 Å². The molecule has 14 heavy (non-hydrogen) atoms. The van der Waals surface area contributed by atoms with Gasteiger partial charge in [0.25, 0.3) is 0 Å². The van der Waals surface area contributed by atoms with Crippen LogP contribution in [-0.2, 0) is 0 Å². The second kappa shape index (κ2) is 3.18. The number of benzene rings is 1. The number of thiol groups is 1. The van der Waals surface area contributed by atoms with Crippen LogP contribution in [0.25, 0.3) is 10.1 Å². The van der Waals surface area contributed by atoms with E-state index in [-0.39, 0.29) is 5.56 Å². The molecule has 3 N–H and O–H groups in total. The van der Waals surface area contributed by atoms with Crippen LogP contribution < -0.4 is 5.73 Å². The highest BCUT2D eigenvalue weighted by molar-refractivity contribution is 7.80. The highest BCUT2D eigenvalue weighted by Crippen LogP contribution is 2.31. The molecule has 72 valence electrons. The van der Waals surface area contributed by atoms with Crippen molar-refractivity contribution in [3.63, 3.8) is 0 Å². The summed E-state index contributed by atoms with van der Waals surface area (Å²) in [7, 11) is 0. The van der Waals surface area contributed by atoms with Crippen molar-refractivity contribution >= 4 is 45.7 Å². The topological polar surface area (TPSA) is 63.3 Å². The molecule has 0 radical (unpaired) electrons. The average molecular weight is 225 g/mol. The molecule has 5 heteroatoms. The highest BCUT2D eigenvalue weighted by Gasteiger charge is 2.11. The van der Waals surface area contributed by atoms with E-state index >= 15 is 0 Å². The minimum atomic E-state index is -0.984. The maximum absolute atomic E-state index is 10.8. The van der Waals surface area contributed by atoms with Crippen LogP contribution in [0.1, 0.15) is 10.4 Å². The van der Waals surface area contributed by atoms with E-state index in [4.69, 9.17) is 10.8 Å². The summed E-state index contributed by atoms with van der Waals surface area (Å²) in [5, 5.41) is 11.4. The summed E-state index contributed by atoms with van der Waals surface area (Å²) in [5.74, 6) is -0.984. The minimum absolute atomic E-state index is 0.186. The van der Waals surface area contributed by atoms with Crippen molar-refractivity contribution in [3.05, 3.63) is 23.1 Å². The zero-order valence-corrected chi connectivity index (χ0v) is 8.73. The third-order valence-corrected chi connectivity index (χ3v) is 3.29. The molecule has 0 atom stereocenters. The number of anilines is 1. The lowest BCUT2D eigenvalue weighted by atomic mass is 10.1. The maximum Gasteiger partial charge on any atom is 0.336 e. The zero-order valence-electron chi connectivity index (χ0n) is 7.02. The quantitative estimate of drug-likeness (QED) is 0.653. The van der Waals surface area contributed by atoms with Crippen LogP contribution in [0, 0.1) is 0 Å². The number of carbonyl (C=O) groups is 1. The first-order valence-electron chi connectivity index (χ1n) is 3.82. The first-order chi connectivity index (χ1) is 6.59. The van der Waals surface area contributed by atoms with Gasteiger partial charge in [-0.2, -0.15) is 0 Å². The summed E-state index contributed by atoms with van der Waals surface area (Å²) < 4.78 is 0.956. The van der Waals surface area contributed by atoms with Crippen LogP contribution in [0.2, 0.25) is 0 Å². The number of nitrogen functional groups attached to an aromatic ring is 1. The maximum atomic E-state index is 10.8. The molecule has 3 nitrogen and oxygen atoms in total. The van der Waals surface area contributed by atoms with Crippen LogP contribution in [0.5, 0.6) is 0 Å². The minimum Gasteiger partial charge on any atom is -0.478 e. The standard InChI is InChI=1S/C9H7NO2S2/c10-6-3-14-8-2-7(13)5(9(11)12)1-4(6)8/h1-3,13H,10H2,(H,11,12). The summed E-state index contributed by atoms with van der Waals surface area (Å²) in [6.07, 6.45) is 0. The van der Waals surface area contributed by atoms with E-state index in [0.29, 0.717) is 10.6 Å². The van der Waals surface area contributed by atoms with E-state index < -0.39 is 5.97 Å². The third kappa shape index (κ3) is 1.34. The van der Waals surface area contributed by atoms with E-state index in [1.54, 1.807) is 17.5 Å². The first-order valence-corrected chi connectivity index (χ1v) is 5.15. The van der Waals surface area contributed by atoms with E-state index in [2.05, 4.69) is 12.6 Å². The zero-order chi connectivity index (χ0) is 10.3. The summed E-state index contributed by atoms with van der Waals surface area (Å²) in [6.45, 7) is 0. The van der Waals surface area contributed by atoms with Crippen molar-refractivity contribution in [3.8, 4) is 0 Å². The van der Waals surface area contributed by atoms with Gasteiger partial charge >= 0.3 is 5.97 Å². The number of carboxylic acids is 1. The van der Waals surface area contributed by atoms with Gasteiger partial charge in [-0.3, -0.25) is 0 Å².